The molecule has 1 N–H and O–H groups in total. The number of rotatable bonds is 2. The molecular formula is C10H10N2O4. The maximum Gasteiger partial charge on any atom is 0.342 e. The van der Waals surface area contributed by atoms with Crippen LogP contribution in [0, 0.1) is 0 Å². The average Bonchev–Trinajstić information content (AvgIpc) is 2.87. The van der Waals surface area contributed by atoms with Gasteiger partial charge in [0.2, 0.25) is 6.79 Å². The summed E-state index contributed by atoms with van der Waals surface area (Å²) < 4.78 is 10.5. The molecular weight excluding hydrogens is 212 g/mol. The Labute approximate surface area is 91.6 Å². The lowest BCUT2D eigenvalue weighted by Crippen LogP contribution is -2.29. The zero-order valence-corrected chi connectivity index (χ0v) is 8.43. The molecule has 84 valence electrons. The number of benzene rings is 1. The molecule has 0 spiro atoms. The fraction of sp³-hybridized carbons (Fsp3) is 0.300. The van der Waals surface area contributed by atoms with Gasteiger partial charge in [-0.1, -0.05) is 11.7 Å². The monoisotopic (exact) mass is 222 g/mol. The maximum absolute atomic E-state index is 10.9. The first-order valence-corrected chi connectivity index (χ1v) is 4.90. The van der Waals surface area contributed by atoms with E-state index >= 15 is 0 Å². The Morgan fingerprint density at radius 1 is 1.31 bits per heavy atom. The van der Waals surface area contributed by atoms with Crippen molar-refractivity contribution in [3.05, 3.63) is 23.8 Å². The normalized spacial score (nSPS) is 18.9. The summed E-state index contributed by atoms with van der Waals surface area (Å²) in [7, 11) is 0. The van der Waals surface area contributed by atoms with Crippen molar-refractivity contribution in [1.29, 1.82) is 0 Å². The number of nitrogens with one attached hydrogen (secondary N) is 1. The summed E-state index contributed by atoms with van der Waals surface area (Å²) in [5.74, 6) is 1.22. The Kier molecular flexibility index (Phi) is 2.16. The molecule has 0 aliphatic carbocycles. The molecule has 2 aliphatic heterocycles. The van der Waals surface area contributed by atoms with Gasteiger partial charge in [0.25, 0.3) is 0 Å². The first-order valence-electron chi connectivity index (χ1n) is 4.90. The summed E-state index contributed by atoms with van der Waals surface area (Å²) in [6.07, 6.45) is 0. The van der Waals surface area contributed by atoms with E-state index in [1.807, 2.05) is 18.2 Å². The molecule has 1 fully saturated rings. The summed E-state index contributed by atoms with van der Waals surface area (Å²) in [6.45, 7) is 1.08. The van der Waals surface area contributed by atoms with E-state index in [0.29, 0.717) is 6.54 Å². The summed E-state index contributed by atoms with van der Waals surface area (Å²) in [5.41, 5.74) is 3.56. The number of hydrogen-bond acceptors (Lipinski definition) is 6. The number of carbonyl (C=O) groups excluding carboxylic acids is 1. The Hall–Kier alpha value is -1.79. The van der Waals surface area contributed by atoms with Gasteiger partial charge in [0.1, 0.15) is 6.54 Å². The SMILES string of the molecule is O=C1CN(Cc2ccc3c(c2)OCO3)NO1. The first-order chi connectivity index (χ1) is 7.81. The van der Waals surface area contributed by atoms with E-state index in [-0.39, 0.29) is 19.3 Å². The van der Waals surface area contributed by atoms with Gasteiger partial charge >= 0.3 is 5.97 Å². The lowest BCUT2D eigenvalue weighted by molar-refractivity contribution is -0.143. The number of hydrogen-bond donors (Lipinski definition) is 1. The summed E-state index contributed by atoms with van der Waals surface area (Å²) in [5, 5.41) is 1.68. The van der Waals surface area contributed by atoms with Crippen LogP contribution in [0.15, 0.2) is 18.2 Å². The Morgan fingerprint density at radius 2 is 2.19 bits per heavy atom. The van der Waals surface area contributed by atoms with E-state index in [4.69, 9.17) is 9.47 Å². The van der Waals surface area contributed by atoms with Crippen LogP contribution >= 0.6 is 0 Å². The summed E-state index contributed by atoms with van der Waals surface area (Å²) in [6, 6.07) is 5.68. The second-order valence-electron chi connectivity index (χ2n) is 3.61. The zero-order chi connectivity index (χ0) is 11.0. The predicted octanol–water partition coefficient (Wildman–Crippen LogP) is 0.194. The van der Waals surface area contributed by atoms with Crippen molar-refractivity contribution >= 4 is 5.97 Å². The molecule has 6 nitrogen and oxygen atoms in total. The number of hydrazine groups is 1. The van der Waals surface area contributed by atoms with Crippen molar-refractivity contribution in [2.45, 2.75) is 6.54 Å². The molecule has 2 aliphatic rings. The van der Waals surface area contributed by atoms with Crippen LogP contribution in [-0.4, -0.2) is 24.3 Å². The van der Waals surface area contributed by atoms with Crippen molar-refractivity contribution in [1.82, 2.24) is 10.6 Å². The van der Waals surface area contributed by atoms with E-state index < -0.39 is 0 Å². The van der Waals surface area contributed by atoms with E-state index in [1.165, 1.54) is 0 Å². The van der Waals surface area contributed by atoms with Crippen molar-refractivity contribution < 1.29 is 19.1 Å². The molecule has 1 aromatic carbocycles. The predicted molar refractivity (Wildman–Crippen MR) is 52.2 cm³/mol. The molecule has 0 unspecified atom stereocenters. The highest BCUT2D eigenvalue weighted by Crippen LogP contribution is 2.32. The van der Waals surface area contributed by atoms with Crippen LogP contribution in [0.1, 0.15) is 5.56 Å². The minimum absolute atomic E-state index is 0.244. The molecule has 0 aromatic heterocycles. The molecule has 3 rings (SSSR count). The molecule has 16 heavy (non-hydrogen) atoms. The van der Waals surface area contributed by atoms with Crippen LogP contribution in [0.4, 0.5) is 0 Å². The first kappa shape index (κ1) is 9.44. The molecule has 2 heterocycles. The topological polar surface area (TPSA) is 60.0 Å². The van der Waals surface area contributed by atoms with Crippen molar-refractivity contribution in [3.63, 3.8) is 0 Å². The van der Waals surface area contributed by atoms with Gasteiger partial charge in [0, 0.05) is 6.54 Å². The van der Waals surface area contributed by atoms with Gasteiger partial charge in [-0.15, -0.1) is 0 Å². The lowest BCUT2D eigenvalue weighted by atomic mass is 10.2. The molecule has 0 amide bonds. The second-order valence-corrected chi connectivity index (χ2v) is 3.61. The van der Waals surface area contributed by atoms with Crippen LogP contribution < -0.4 is 15.1 Å². The van der Waals surface area contributed by atoms with Crippen molar-refractivity contribution in [3.8, 4) is 11.5 Å². The van der Waals surface area contributed by atoms with Crippen molar-refractivity contribution in [2.24, 2.45) is 0 Å². The minimum atomic E-state index is -0.277. The Morgan fingerprint density at radius 3 is 3.00 bits per heavy atom. The standard InChI is InChI=1S/C10H10N2O4/c13-10-5-12(11-16-10)4-7-1-2-8-9(3-7)15-6-14-8/h1-3,11H,4-6H2. The number of fused-ring (bicyclic) bond motifs is 1. The molecule has 6 heteroatoms. The van der Waals surface area contributed by atoms with Crippen LogP contribution in [0.2, 0.25) is 0 Å². The molecule has 1 aromatic rings. The van der Waals surface area contributed by atoms with Gasteiger partial charge in [-0.05, 0) is 17.7 Å². The van der Waals surface area contributed by atoms with Crippen molar-refractivity contribution in [2.75, 3.05) is 13.3 Å². The molecule has 1 saturated heterocycles. The Bertz CT molecular complexity index is 435. The highest BCUT2D eigenvalue weighted by atomic mass is 16.7. The van der Waals surface area contributed by atoms with E-state index in [9.17, 15) is 4.79 Å². The molecule has 0 bridgehead atoms. The third-order valence-corrected chi connectivity index (χ3v) is 2.42. The van der Waals surface area contributed by atoms with Gasteiger partial charge < -0.3 is 14.3 Å². The second kappa shape index (κ2) is 3.66. The van der Waals surface area contributed by atoms with Gasteiger partial charge in [-0.2, -0.15) is 5.01 Å². The average molecular weight is 222 g/mol. The third kappa shape index (κ3) is 1.68. The van der Waals surface area contributed by atoms with Crippen LogP contribution in [0.5, 0.6) is 11.5 Å². The smallest absolute Gasteiger partial charge is 0.342 e. The molecule has 0 radical (unpaired) electrons. The van der Waals surface area contributed by atoms with Gasteiger partial charge in [-0.3, -0.25) is 0 Å². The van der Waals surface area contributed by atoms with Gasteiger partial charge in [-0.25, -0.2) is 4.79 Å². The van der Waals surface area contributed by atoms with E-state index in [2.05, 4.69) is 10.4 Å². The zero-order valence-electron chi connectivity index (χ0n) is 8.43. The fourth-order valence-corrected chi connectivity index (χ4v) is 1.68. The largest absolute Gasteiger partial charge is 0.454 e. The molecule has 0 saturated carbocycles. The quantitative estimate of drug-likeness (QED) is 0.771. The fourth-order valence-electron chi connectivity index (χ4n) is 1.68. The highest BCUT2D eigenvalue weighted by molar-refractivity contribution is 5.72. The van der Waals surface area contributed by atoms with E-state index in [1.54, 1.807) is 5.01 Å². The third-order valence-electron chi connectivity index (χ3n) is 2.42. The lowest BCUT2D eigenvalue weighted by Gasteiger charge is -2.11. The minimum Gasteiger partial charge on any atom is -0.454 e. The number of nitrogens with zero attached hydrogens (tertiary/aromatic N) is 1. The number of ether oxygens (including phenoxy) is 2. The van der Waals surface area contributed by atoms with Crippen LogP contribution in [0.25, 0.3) is 0 Å². The van der Waals surface area contributed by atoms with Crippen LogP contribution in [0.3, 0.4) is 0 Å². The van der Waals surface area contributed by atoms with Gasteiger partial charge in [0.05, 0.1) is 0 Å². The maximum atomic E-state index is 10.9. The van der Waals surface area contributed by atoms with Gasteiger partial charge in [0.15, 0.2) is 11.5 Å². The highest BCUT2D eigenvalue weighted by Gasteiger charge is 2.21. The van der Waals surface area contributed by atoms with E-state index in [0.717, 1.165) is 17.1 Å². The Balaban J connectivity index is 1.73. The summed E-state index contributed by atoms with van der Waals surface area (Å²) >= 11 is 0. The molecule has 0 atom stereocenters. The summed E-state index contributed by atoms with van der Waals surface area (Å²) in [4.78, 5) is 15.5. The number of carbonyl (C=O) groups is 1. The van der Waals surface area contributed by atoms with Crippen LogP contribution in [-0.2, 0) is 16.2 Å².